The van der Waals surface area contributed by atoms with Crippen molar-refractivity contribution in [2.24, 2.45) is 0 Å². The molecule has 0 aromatic heterocycles. The predicted molar refractivity (Wildman–Crippen MR) is 60.9 cm³/mol. The highest BCUT2D eigenvalue weighted by Gasteiger charge is 2.31. The second-order valence-electron chi connectivity index (χ2n) is 3.43. The van der Waals surface area contributed by atoms with Crippen molar-refractivity contribution in [2.45, 2.75) is 12.2 Å². The molecule has 1 unspecified atom stereocenters. The smallest absolute Gasteiger partial charge is 0.401 e. The van der Waals surface area contributed by atoms with Crippen molar-refractivity contribution in [1.82, 2.24) is 5.32 Å². The molecule has 18 heavy (non-hydrogen) atoms. The highest BCUT2D eigenvalue weighted by Crippen LogP contribution is 2.27. The van der Waals surface area contributed by atoms with Crippen molar-refractivity contribution >= 4 is 29.2 Å². The lowest BCUT2D eigenvalue weighted by Crippen LogP contribution is -2.36. The van der Waals surface area contributed by atoms with E-state index in [1.165, 1.54) is 18.2 Å². The van der Waals surface area contributed by atoms with Crippen molar-refractivity contribution in [2.75, 3.05) is 6.54 Å². The lowest BCUT2D eigenvalue weighted by Gasteiger charge is -2.17. The third kappa shape index (κ3) is 4.36. The molecule has 0 heterocycles. The molecule has 0 saturated heterocycles. The summed E-state index contributed by atoms with van der Waals surface area (Å²) in [5.41, 5.74) is -0.0130. The molecule has 0 radical (unpaired) electrons. The van der Waals surface area contributed by atoms with Crippen LogP contribution in [0.5, 0.6) is 0 Å². The molecule has 1 atom stereocenters. The van der Waals surface area contributed by atoms with Crippen molar-refractivity contribution in [3.05, 3.63) is 33.8 Å². The first-order valence-electron chi connectivity index (χ1n) is 4.68. The van der Waals surface area contributed by atoms with Crippen molar-refractivity contribution in [3.8, 4) is 0 Å². The zero-order valence-corrected chi connectivity index (χ0v) is 10.3. The maximum absolute atomic E-state index is 12.1. The topological polar surface area (TPSA) is 49.3 Å². The number of rotatable bonds is 4. The largest absolute Gasteiger partial charge is 0.480 e. The van der Waals surface area contributed by atoms with Gasteiger partial charge < -0.3 is 5.11 Å². The molecule has 0 amide bonds. The normalized spacial score (nSPS) is 13.4. The molecule has 1 rings (SSSR count). The Kier molecular flexibility index (Phi) is 4.84. The van der Waals surface area contributed by atoms with E-state index >= 15 is 0 Å². The lowest BCUT2D eigenvalue weighted by molar-refractivity contribution is -0.143. The highest BCUT2D eigenvalue weighted by atomic mass is 35.5. The minimum absolute atomic E-state index is 0.0130. The van der Waals surface area contributed by atoms with E-state index in [0.717, 1.165) is 0 Å². The second kappa shape index (κ2) is 5.77. The first kappa shape index (κ1) is 15.1. The lowest BCUT2D eigenvalue weighted by atomic mass is 10.1. The van der Waals surface area contributed by atoms with Gasteiger partial charge in [0, 0.05) is 15.6 Å². The van der Waals surface area contributed by atoms with Gasteiger partial charge in [-0.25, -0.2) is 0 Å². The van der Waals surface area contributed by atoms with Gasteiger partial charge in [-0.1, -0.05) is 23.2 Å². The summed E-state index contributed by atoms with van der Waals surface area (Å²) in [5.74, 6) is -1.47. The van der Waals surface area contributed by atoms with E-state index in [1.807, 2.05) is 5.32 Å². The van der Waals surface area contributed by atoms with Crippen LogP contribution in [0.25, 0.3) is 0 Å². The molecule has 0 aliphatic heterocycles. The van der Waals surface area contributed by atoms with Gasteiger partial charge in [-0.3, -0.25) is 10.1 Å². The van der Waals surface area contributed by atoms with Crippen molar-refractivity contribution in [3.63, 3.8) is 0 Å². The molecule has 0 saturated carbocycles. The zero-order valence-electron chi connectivity index (χ0n) is 8.76. The van der Waals surface area contributed by atoms with Crippen LogP contribution in [-0.4, -0.2) is 23.8 Å². The Hall–Kier alpha value is -0.980. The fourth-order valence-electron chi connectivity index (χ4n) is 1.28. The number of benzene rings is 1. The van der Waals surface area contributed by atoms with E-state index in [1.54, 1.807) is 0 Å². The van der Waals surface area contributed by atoms with Gasteiger partial charge in [-0.2, -0.15) is 13.2 Å². The zero-order chi connectivity index (χ0) is 13.9. The van der Waals surface area contributed by atoms with E-state index in [4.69, 9.17) is 28.3 Å². The Morgan fingerprint density at radius 3 is 2.50 bits per heavy atom. The molecule has 0 spiro atoms. The van der Waals surface area contributed by atoms with E-state index < -0.39 is 24.7 Å². The number of carboxylic acid groups (broad SMARTS) is 1. The average Bonchev–Trinajstić information content (AvgIpc) is 2.21. The molecule has 0 aliphatic rings. The Labute approximate surface area is 110 Å². The summed E-state index contributed by atoms with van der Waals surface area (Å²) in [5, 5.41) is 11.0. The van der Waals surface area contributed by atoms with Crippen molar-refractivity contribution < 1.29 is 23.1 Å². The van der Waals surface area contributed by atoms with E-state index in [-0.39, 0.29) is 15.6 Å². The van der Waals surface area contributed by atoms with Gasteiger partial charge in [0.1, 0.15) is 6.04 Å². The van der Waals surface area contributed by atoms with Crippen LogP contribution in [-0.2, 0) is 4.79 Å². The molecule has 1 aromatic rings. The molecular weight excluding hydrogens is 294 g/mol. The number of aliphatic carboxylic acids is 1. The molecule has 2 N–H and O–H groups in total. The van der Waals surface area contributed by atoms with Crippen LogP contribution in [0, 0.1) is 0 Å². The highest BCUT2D eigenvalue weighted by molar-refractivity contribution is 6.33. The average molecular weight is 302 g/mol. The van der Waals surface area contributed by atoms with Crippen LogP contribution in [0.2, 0.25) is 10.0 Å². The van der Waals surface area contributed by atoms with Gasteiger partial charge in [0.2, 0.25) is 0 Å². The fourth-order valence-corrected chi connectivity index (χ4v) is 1.69. The number of nitrogens with one attached hydrogen (secondary N) is 1. The van der Waals surface area contributed by atoms with E-state index in [0.29, 0.717) is 0 Å². The third-order valence-electron chi connectivity index (χ3n) is 2.02. The number of alkyl halides is 3. The van der Waals surface area contributed by atoms with Crippen LogP contribution in [0.3, 0.4) is 0 Å². The summed E-state index contributed by atoms with van der Waals surface area (Å²) >= 11 is 11.4. The molecule has 8 heteroatoms. The van der Waals surface area contributed by atoms with Gasteiger partial charge in [-0.05, 0) is 18.2 Å². The van der Waals surface area contributed by atoms with Crippen molar-refractivity contribution in [1.29, 1.82) is 0 Å². The number of hydrogen-bond acceptors (Lipinski definition) is 2. The number of hydrogen-bond donors (Lipinski definition) is 2. The monoisotopic (exact) mass is 301 g/mol. The molecular formula is C10H8Cl2F3NO2. The van der Waals surface area contributed by atoms with Crippen LogP contribution < -0.4 is 5.32 Å². The van der Waals surface area contributed by atoms with Crippen LogP contribution in [0.15, 0.2) is 18.2 Å². The number of halogens is 5. The first-order valence-corrected chi connectivity index (χ1v) is 5.44. The van der Waals surface area contributed by atoms with Gasteiger partial charge in [0.15, 0.2) is 0 Å². The van der Waals surface area contributed by atoms with Crippen LogP contribution >= 0.6 is 23.2 Å². The molecule has 100 valence electrons. The molecule has 1 aromatic carbocycles. The Bertz CT molecular complexity index is 451. The molecule has 0 bridgehead atoms. The molecule has 0 aliphatic carbocycles. The summed E-state index contributed by atoms with van der Waals surface area (Å²) in [6, 6.07) is 2.38. The minimum atomic E-state index is -4.52. The maximum atomic E-state index is 12.1. The van der Waals surface area contributed by atoms with E-state index in [9.17, 15) is 18.0 Å². The summed E-state index contributed by atoms with van der Waals surface area (Å²) in [4.78, 5) is 10.9. The van der Waals surface area contributed by atoms with Gasteiger partial charge in [0.05, 0.1) is 6.54 Å². The predicted octanol–water partition coefficient (Wildman–Crippen LogP) is 3.27. The van der Waals surface area contributed by atoms with E-state index in [2.05, 4.69) is 0 Å². The summed E-state index contributed by atoms with van der Waals surface area (Å²) in [6.45, 7) is -1.44. The first-order chi connectivity index (χ1) is 8.20. The summed E-state index contributed by atoms with van der Waals surface area (Å²) in [6.07, 6.45) is -4.52. The maximum Gasteiger partial charge on any atom is 0.401 e. The molecule has 0 fully saturated rings. The molecule has 3 nitrogen and oxygen atoms in total. The quantitative estimate of drug-likeness (QED) is 0.897. The standard InChI is InChI=1S/C10H8Cl2F3NO2/c11-5-1-2-7(12)6(3-5)8(9(17)18)16-4-10(13,14)15/h1-3,8,16H,4H2,(H,17,18). The third-order valence-corrected chi connectivity index (χ3v) is 2.60. The summed E-state index contributed by atoms with van der Waals surface area (Å²) in [7, 11) is 0. The van der Waals surface area contributed by atoms with Crippen LogP contribution in [0.1, 0.15) is 11.6 Å². The van der Waals surface area contributed by atoms with Gasteiger partial charge >= 0.3 is 12.1 Å². The van der Waals surface area contributed by atoms with Gasteiger partial charge in [0.25, 0.3) is 0 Å². The second-order valence-corrected chi connectivity index (χ2v) is 4.28. The minimum Gasteiger partial charge on any atom is -0.480 e. The number of carbonyl (C=O) groups is 1. The Balaban J connectivity index is 2.98. The van der Waals surface area contributed by atoms with Gasteiger partial charge in [-0.15, -0.1) is 0 Å². The Morgan fingerprint density at radius 2 is 2.00 bits per heavy atom. The fraction of sp³-hybridized carbons (Fsp3) is 0.300. The summed E-state index contributed by atoms with van der Waals surface area (Å²) < 4.78 is 36.2. The number of carboxylic acids is 1. The SMILES string of the molecule is O=C(O)C(NCC(F)(F)F)c1cc(Cl)ccc1Cl. The van der Waals surface area contributed by atoms with Crippen LogP contribution in [0.4, 0.5) is 13.2 Å². The Morgan fingerprint density at radius 1 is 1.39 bits per heavy atom.